The summed E-state index contributed by atoms with van der Waals surface area (Å²) in [6.45, 7) is 11.3. The lowest BCUT2D eigenvalue weighted by atomic mass is 9.83. The molecule has 0 saturated heterocycles. The van der Waals surface area contributed by atoms with Crippen molar-refractivity contribution in [2.45, 2.75) is 53.9 Å². The van der Waals surface area contributed by atoms with Gasteiger partial charge in [0.2, 0.25) is 0 Å². The normalized spacial score (nSPS) is 13.5. The lowest BCUT2D eigenvalue weighted by Crippen LogP contribution is -2.17. The van der Waals surface area contributed by atoms with E-state index in [1.807, 2.05) is 0 Å². The number of aliphatic hydroxyl groups is 1. The Hall–Kier alpha value is -0.0400. The van der Waals surface area contributed by atoms with E-state index in [9.17, 15) is 0 Å². The van der Waals surface area contributed by atoms with Crippen molar-refractivity contribution in [3.05, 3.63) is 0 Å². The second-order valence-electron chi connectivity index (χ2n) is 5.74. The summed E-state index contributed by atoms with van der Waals surface area (Å²) in [5.41, 5.74) is 0.552. The Balaban J connectivity index is 3.57. The van der Waals surface area contributed by atoms with E-state index in [4.69, 9.17) is 5.11 Å². The van der Waals surface area contributed by atoms with Gasteiger partial charge in [0, 0.05) is 6.61 Å². The molecule has 0 rings (SSSR count). The van der Waals surface area contributed by atoms with E-state index in [1.54, 1.807) is 0 Å². The van der Waals surface area contributed by atoms with Crippen LogP contribution in [0.2, 0.25) is 0 Å². The average molecular weight is 172 g/mol. The van der Waals surface area contributed by atoms with Crippen molar-refractivity contribution in [1.29, 1.82) is 0 Å². The highest BCUT2D eigenvalue weighted by Gasteiger charge is 2.17. The van der Waals surface area contributed by atoms with Gasteiger partial charge in [-0.05, 0) is 23.7 Å². The van der Waals surface area contributed by atoms with Crippen molar-refractivity contribution in [1.82, 2.24) is 0 Å². The molecular weight excluding hydrogens is 148 g/mol. The maximum atomic E-state index is 9.02. The average Bonchev–Trinajstić information content (AvgIpc) is 1.84. The van der Waals surface area contributed by atoms with Gasteiger partial charge in [-0.3, -0.25) is 0 Å². The molecule has 1 heteroatoms. The Morgan fingerprint density at radius 1 is 0.917 bits per heavy atom. The number of rotatable bonds is 4. The number of hydrogen-bond donors (Lipinski definition) is 1. The highest BCUT2D eigenvalue weighted by Crippen LogP contribution is 2.27. The topological polar surface area (TPSA) is 20.2 Å². The molecule has 0 aromatic carbocycles. The molecular formula is C11H24O. The van der Waals surface area contributed by atoms with Crippen LogP contribution in [0.15, 0.2) is 0 Å². The fourth-order valence-electron chi connectivity index (χ4n) is 1.18. The van der Waals surface area contributed by atoms with Crippen LogP contribution in [0.25, 0.3) is 0 Å². The van der Waals surface area contributed by atoms with Crippen molar-refractivity contribution in [3.63, 3.8) is 0 Å². The molecule has 0 aliphatic rings. The van der Waals surface area contributed by atoms with Crippen LogP contribution in [0, 0.1) is 10.8 Å². The molecule has 0 aliphatic carbocycles. The lowest BCUT2D eigenvalue weighted by molar-refractivity contribution is 0.142. The maximum absolute atomic E-state index is 9.02. The maximum Gasteiger partial charge on any atom is 0.0482 e. The van der Waals surface area contributed by atoms with Crippen molar-refractivity contribution in [2.75, 3.05) is 6.61 Å². The van der Waals surface area contributed by atoms with Crippen molar-refractivity contribution in [2.24, 2.45) is 10.8 Å². The Labute approximate surface area is 77.2 Å². The van der Waals surface area contributed by atoms with E-state index in [2.05, 4.69) is 34.6 Å². The molecule has 0 spiro atoms. The second kappa shape index (κ2) is 4.27. The summed E-state index contributed by atoms with van der Waals surface area (Å²) in [6, 6.07) is 0. The third kappa shape index (κ3) is 6.66. The summed E-state index contributed by atoms with van der Waals surface area (Å²) in [5.74, 6) is 0. The van der Waals surface area contributed by atoms with E-state index in [-0.39, 0.29) is 5.41 Å². The van der Waals surface area contributed by atoms with Gasteiger partial charge in [-0.15, -0.1) is 0 Å². The highest BCUT2D eigenvalue weighted by atomic mass is 16.3. The minimum Gasteiger partial charge on any atom is -0.396 e. The predicted molar refractivity (Wildman–Crippen MR) is 54.2 cm³/mol. The predicted octanol–water partition coefficient (Wildman–Crippen LogP) is 3.22. The number of hydrogen-bond acceptors (Lipinski definition) is 1. The first kappa shape index (κ1) is 12.0. The molecule has 12 heavy (non-hydrogen) atoms. The molecule has 0 atom stereocenters. The third-order valence-electron chi connectivity index (χ3n) is 2.21. The van der Waals surface area contributed by atoms with E-state index in [1.165, 1.54) is 12.8 Å². The van der Waals surface area contributed by atoms with Gasteiger partial charge in [-0.1, -0.05) is 41.0 Å². The van der Waals surface area contributed by atoms with Crippen LogP contribution in [-0.4, -0.2) is 11.7 Å². The SMILES string of the molecule is CC(C)(C)CCCC(C)(C)CO. The van der Waals surface area contributed by atoms with E-state index >= 15 is 0 Å². The summed E-state index contributed by atoms with van der Waals surface area (Å²) >= 11 is 0. The Morgan fingerprint density at radius 3 is 1.75 bits per heavy atom. The van der Waals surface area contributed by atoms with Gasteiger partial charge in [-0.25, -0.2) is 0 Å². The first-order chi connectivity index (χ1) is 5.27. The molecule has 0 bridgehead atoms. The van der Waals surface area contributed by atoms with Crippen molar-refractivity contribution < 1.29 is 5.11 Å². The molecule has 0 unspecified atom stereocenters. The van der Waals surface area contributed by atoms with Crippen molar-refractivity contribution >= 4 is 0 Å². The van der Waals surface area contributed by atoms with Crippen molar-refractivity contribution in [3.8, 4) is 0 Å². The quantitative estimate of drug-likeness (QED) is 0.690. The molecule has 0 aromatic heterocycles. The summed E-state index contributed by atoms with van der Waals surface area (Å²) in [7, 11) is 0. The van der Waals surface area contributed by atoms with E-state index in [0.29, 0.717) is 12.0 Å². The van der Waals surface area contributed by atoms with Gasteiger partial charge in [0.1, 0.15) is 0 Å². The van der Waals surface area contributed by atoms with Crippen LogP contribution in [0.4, 0.5) is 0 Å². The monoisotopic (exact) mass is 172 g/mol. The lowest BCUT2D eigenvalue weighted by Gasteiger charge is -2.24. The summed E-state index contributed by atoms with van der Waals surface area (Å²) in [6.07, 6.45) is 3.59. The van der Waals surface area contributed by atoms with Gasteiger partial charge in [0.25, 0.3) is 0 Å². The largest absolute Gasteiger partial charge is 0.396 e. The summed E-state index contributed by atoms with van der Waals surface area (Å²) in [4.78, 5) is 0. The molecule has 0 aromatic rings. The zero-order valence-electron chi connectivity index (χ0n) is 9.28. The number of aliphatic hydroxyl groups excluding tert-OH is 1. The standard InChI is InChI=1S/C11H24O/c1-10(2,3)7-6-8-11(4,5)9-12/h12H,6-9H2,1-5H3. The molecule has 0 amide bonds. The minimum absolute atomic E-state index is 0.116. The highest BCUT2D eigenvalue weighted by molar-refractivity contribution is 4.69. The molecule has 0 saturated carbocycles. The fraction of sp³-hybridized carbons (Fsp3) is 1.00. The van der Waals surface area contributed by atoms with Crippen LogP contribution in [0.5, 0.6) is 0 Å². The molecule has 1 nitrogen and oxygen atoms in total. The van der Waals surface area contributed by atoms with Gasteiger partial charge in [0.05, 0.1) is 0 Å². The van der Waals surface area contributed by atoms with Crippen LogP contribution >= 0.6 is 0 Å². The van der Waals surface area contributed by atoms with Gasteiger partial charge in [0.15, 0.2) is 0 Å². The fourth-order valence-corrected chi connectivity index (χ4v) is 1.18. The van der Waals surface area contributed by atoms with Crippen LogP contribution in [0.3, 0.4) is 0 Å². The second-order valence-corrected chi connectivity index (χ2v) is 5.74. The van der Waals surface area contributed by atoms with Crippen LogP contribution in [0.1, 0.15) is 53.9 Å². The molecule has 1 N–H and O–H groups in total. The first-order valence-electron chi connectivity index (χ1n) is 4.88. The Bertz CT molecular complexity index is 119. The third-order valence-corrected chi connectivity index (χ3v) is 2.21. The van der Waals surface area contributed by atoms with Gasteiger partial charge < -0.3 is 5.11 Å². The smallest absolute Gasteiger partial charge is 0.0482 e. The zero-order valence-corrected chi connectivity index (χ0v) is 9.28. The van der Waals surface area contributed by atoms with Crippen LogP contribution < -0.4 is 0 Å². The molecule has 74 valence electrons. The van der Waals surface area contributed by atoms with Gasteiger partial charge in [-0.2, -0.15) is 0 Å². The summed E-state index contributed by atoms with van der Waals surface area (Å²) < 4.78 is 0. The summed E-state index contributed by atoms with van der Waals surface area (Å²) in [5, 5.41) is 9.02. The molecule has 0 aliphatic heterocycles. The molecule has 0 radical (unpaired) electrons. The minimum atomic E-state index is 0.116. The zero-order chi connectivity index (χ0) is 9.83. The molecule has 0 fully saturated rings. The van der Waals surface area contributed by atoms with Gasteiger partial charge >= 0.3 is 0 Å². The van der Waals surface area contributed by atoms with E-state index in [0.717, 1.165) is 6.42 Å². The molecule has 0 heterocycles. The van der Waals surface area contributed by atoms with E-state index < -0.39 is 0 Å². The van der Waals surface area contributed by atoms with Crippen LogP contribution in [-0.2, 0) is 0 Å². The first-order valence-corrected chi connectivity index (χ1v) is 4.88. The Kier molecular flexibility index (Phi) is 4.25. The Morgan fingerprint density at radius 2 is 1.42 bits per heavy atom.